The van der Waals surface area contributed by atoms with Crippen molar-refractivity contribution in [3.8, 4) is 0 Å². The fraction of sp³-hybridized carbons (Fsp3) is 0.318. The lowest BCUT2D eigenvalue weighted by molar-refractivity contribution is -0.141. The lowest BCUT2D eigenvalue weighted by atomic mass is 10.00. The lowest BCUT2D eigenvalue weighted by Gasteiger charge is -2.18. The number of aliphatic hydroxyl groups is 1. The van der Waals surface area contributed by atoms with Crippen LogP contribution in [0.15, 0.2) is 54.6 Å². The number of para-hydroxylation sites is 1. The standard InChI is InChI=1S/C22H24F3N3O/c1-15-6-5-9-17-18(12-20(22(23,24)25)28-21(15)17)19(29)14-27-11-10-26-13-16-7-3-2-4-8-16/h2-9,12,19,26-27,29H,10-11,13-14H2,1H3. The Labute approximate surface area is 167 Å². The maximum absolute atomic E-state index is 13.3. The molecular formula is C22H24F3N3O. The van der Waals surface area contributed by atoms with E-state index in [-0.39, 0.29) is 17.6 Å². The largest absolute Gasteiger partial charge is 0.433 e. The number of aryl methyl sites for hydroxylation is 1. The lowest BCUT2D eigenvalue weighted by Crippen LogP contribution is -2.30. The van der Waals surface area contributed by atoms with Crippen LogP contribution in [-0.2, 0) is 12.7 Å². The highest BCUT2D eigenvalue weighted by atomic mass is 19.4. The Hall–Kier alpha value is -2.48. The number of nitrogens with one attached hydrogen (secondary N) is 2. The summed E-state index contributed by atoms with van der Waals surface area (Å²) in [6, 6.07) is 16.1. The first-order valence-corrected chi connectivity index (χ1v) is 9.47. The highest BCUT2D eigenvalue weighted by molar-refractivity contribution is 5.85. The Bertz CT molecular complexity index is 945. The van der Waals surface area contributed by atoms with E-state index in [4.69, 9.17) is 0 Å². The number of nitrogens with zero attached hydrogens (tertiary/aromatic N) is 1. The minimum Gasteiger partial charge on any atom is -0.387 e. The highest BCUT2D eigenvalue weighted by Crippen LogP contribution is 2.33. The van der Waals surface area contributed by atoms with E-state index < -0.39 is 18.0 Å². The second-order valence-corrected chi connectivity index (χ2v) is 6.95. The van der Waals surface area contributed by atoms with E-state index in [2.05, 4.69) is 15.6 Å². The van der Waals surface area contributed by atoms with Crippen LogP contribution < -0.4 is 10.6 Å². The van der Waals surface area contributed by atoms with Gasteiger partial charge in [-0.05, 0) is 29.7 Å². The third-order valence-electron chi connectivity index (χ3n) is 4.71. The number of aromatic nitrogens is 1. The fourth-order valence-electron chi connectivity index (χ4n) is 3.19. The molecule has 3 aromatic rings. The van der Waals surface area contributed by atoms with E-state index in [1.807, 2.05) is 30.3 Å². The van der Waals surface area contributed by atoms with Gasteiger partial charge in [-0.15, -0.1) is 0 Å². The molecule has 0 aliphatic carbocycles. The van der Waals surface area contributed by atoms with Gasteiger partial charge >= 0.3 is 6.18 Å². The van der Waals surface area contributed by atoms with Crippen LogP contribution in [0, 0.1) is 6.92 Å². The monoisotopic (exact) mass is 403 g/mol. The maximum atomic E-state index is 13.3. The van der Waals surface area contributed by atoms with E-state index in [0.29, 0.717) is 24.0 Å². The molecule has 29 heavy (non-hydrogen) atoms. The Kier molecular flexibility index (Phi) is 6.84. The van der Waals surface area contributed by atoms with E-state index >= 15 is 0 Å². The molecule has 7 heteroatoms. The molecule has 154 valence electrons. The van der Waals surface area contributed by atoms with Gasteiger partial charge in [0.1, 0.15) is 5.69 Å². The van der Waals surface area contributed by atoms with Crippen LogP contribution in [-0.4, -0.2) is 29.7 Å². The Morgan fingerprint density at radius 3 is 2.45 bits per heavy atom. The average molecular weight is 403 g/mol. The normalized spacial score (nSPS) is 13.0. The Morgan fingerprint density at radius 1 is 1.00 bits per heavy atom. The number of aliphatic hydroxyl groups excluding tert-OH is 1. The number of benzene rings is 2. The van der Waals surface area contributed by atoms with Gasteiger partial charge in [0.05, 0.1) is 11.6 Å². The van der Waals surface area contributed by atoms with Crippen molar-refractivity contribution in [3.63, 3.8) is 0 Å². The molecule has 1 aromatic heterocycles. The van der Waals surface area contributed by atoms with E-state index in [9.17, 15) is 18.3 Å². The van der Waals surface area contributed by atoms with Crippen molar-refractivity contribution >= 4 is 10.9 Å². The number of halogens is 3. The topological polar surface area (TPSA) is 57.2 Å². The summed E-state index contributed by atoms with van der Waals surface area (Å²) in [7, 11) is 0. The summed E-state index contributed by atoms with van der Waals surface area (Å²) >= 11 is 0. The molecule has 3 rings (SSSR count). The zero-order valence-electron chi connectivity index (χ0n) is 16.1. The van der Waals surface area contributed by atoms with Crippen LogP contribution in [0.5, 0.6) is 0 Å². The number of hydrogen-bond acceptors (Lipinski definition) is 4. The van der Waals surface area contributed by atoms with Crippen LogP contribution in [0.25, 0.3) is 10.9 Å². The van der Waals surface area contributed by atoms with E-state index in [0.717, 1.165) is 12.6 Å². The summed E-state index contributed by atoms with van der Waals surface area (Å²) in [5.41, 5.74) is 1.32. The van der Waals surface area contributed by atoms with Crippen LogP contribution >= 0.6 is 0 Å². The molecule has 2 aromatic carbocycles. The third kappa shape index (κ3) is 5.53. The minimum absolute atomic E-state index is 0.150. The van der Waals surface area contributed by atoms with Gasteiger partial charge in [0.15, 0.2) is 0 Å². The van der Waals surface area contributed by atoms with Crippen molar-refractivity contribution in [3.05, 3.63) is 77.0 Å². The molecule has 3 N–H and O–H groups in total. The van der Waals surface area contributed by atoms with Gasteiger partial charge in [-0.2, -0.15) is 13.2 Å². The molecule has 0 radical (unpaired) electrons. The molecule has 1 atom stereocenters. The maximum Gasteiger partial charge on any atom is 0.433 e. The molecular weight excluding hydrogens is 379 g/mol. The van der Waals surface area contributed by atoms with Crippen molar-refractivity contribution < 1.29 is 18.3 Å². The van der Waals surface area contributed by atoms with Crippen LogP contribution in [0.2, 0.25) is 0 Å². The molecule has 0 amide bonds. The summed E-state index contributed by atoms with van der Waals surface area (Å²) in [6.45, 7) is 3.84. The van der Waals surface area contributed by atoms with Crippen molar-refractivity contribution in [1.29, 1.82) is 0 Å². The number of pyridine rings is 1. The quantitative estimate of drug-likeness (QED) is 0.498. The fourth-order valence-corrected chi connectivity index (χ4v) is 3.19. The van der Waals surface area contributed by atoms with Crippen LogP contribution in [0.3, 0.4) is 0 Å². The van der Waals surface area contributed by atoms with Crippen molar-refractivity contribution in [2.75, 3.05) is 19.6 Å². The van der Waals surface area contributed by atoms with Crippen molar-refractivity contribution in [2.45, 2.75) is 25.7 Å². The van der Waals surface area contributed by atoms with Gasteiger partial charge in [0.2, 0.25) is 0 Å². The van der Waals surface area contributed by atoms with Crippen LogP contribution in [0.4, 0.5) is 13.2 Å². The molecule has 0 aliphatic heterocycles. The summed E-state index contributed by atoms with van der Waals surface area (Å²) in [5, 5.41) is 17.5. The predicted molar refractivity (Wildman–Crippen MR) is 107 cm³/mol. The van der Waals surface area contributed by atoms with Gasteiger partial charge in [0.25, 0.3) is 0 Å². The first kappa shape index (κ1) is 21.2. The second kappa shape index (κ2) is 9.35. The molecule has 0 bridgehead atoms. The number of rotatable bonds is 8. The zero-order valence-corrected chi connectivity index (χ0v) is 16.1. The summed E-state index contributed by atoms with van der Waals surface area (Å²) in [6.07, 6.45) is -5.64. The number of fused-ring (bicyclic) bond motifs is 1. The molecule has 4 nitrogen and oxygen atoms in total. The summed E-state index contributed by atoms with van der Waals surface area (Å²) in [5.74, 6) is 0. The van der Waals surface area contributed by atoms with Gasteiger partial charge in [-0.3, -0.25) is 0 Å². The third-order valence-corrected chi connectivity index (χ3v) is 4.71. The smallest absolute Gasteiger partial charge is 0.387 e. The Balaban J connectivity index is 1.62. The van der Waals surface area contributed by atoms with Crippen molar-refractivity contribution in [2.24, 2.45) is 0 Å². The molecule has 0 saturated heterocycles. The zero-order chi connectivity index (χ0) is 20.9. The van der Waals surface area contributed by atoms with Gasteiger partial charge in [-0.1, -0.05) is 48.5 Å². The summed E-state index contributed by atoms with van der Waals surface area (Å²) in [4.78, 5) is 3.77. The van der Waals surface area contributed by atoms with Crippen LogP contribution in [0.1, 0.15) is 28.5 Å². The molecule has 0 aliphatic rings. The molecule has 1 unspecified atom stereocenters. The average Bonchev–Trinajstić information content (AvgIpc) is 2.70. The summed E-state index contributed by atoms with van der Waals surface area (Å²) < 4.78 is 39.8. The Morgan fingerprint density at radius 2 is 1.72 bits per heavy atom. The minimum atomic E-state index is -4.57. The molecule has 0 saturated carbocycles. The van der Waals surface area contributed by atoms with E-state index in [1.165, 1.54) is 5.56 Å². The van der Waals surface area contributed by atoms with E-state index in [1.54, 1.807) is 25.1 Å². The molecule has 1 heterocycles. The number of alkyl halides is 3. The number of hydrogen-bond donors (Lipinski definition) is 3. The van der Waals surface area contributed by atoms with Gasteiger partial charge < -0.3 is 15.7 Å². The van der Waals surface area contributed by atoms with Gasteiger partial charge in [0, 0.05) is 31.6 Å². The molecule has 0 fully saturated rings. The highest BCUT2D eigenvalue weighted by Gasteiger charge is 2.34. The second-order valence-electron chi connectivity index (χ2n) is 6.95. The van der Waals surface area contributed by atoms with Crippen molar-refractivity contribution in [1.82, 2.24) is 15.6 Å². The SMILES string of the molecule is Cc1cccc2c(C(O)CNCCNCc3ccccc3)cc(C(F)(F)F)nc12. The predicted octanol–water partition coefficient (Wildman–Crippen LogP) is 3.97. The first-order chi connectivity index (χ1) is 13.9. The van der Waals surface area contributed by atoms with Gasteiger partial charge in [-0.25, -0.2) is 4.98 Å². The molecule has 0 spiro atoms. The first-order valence-electron chi connectivity index (χ1n) is 9.47.